The van der Waals surface area contributed by atoms with Gasteiger partial charge >= 0.3 is 5.97 Å². The van der Waals surface area contributed by atoms with Gasteiger partial charge in [-0.15, -0.1) is 0 Å². The molecular formula is C27H28N4O8S. The molecule has 3 rings (SSSR count). The monoisotopic (exact) mass is 568 g/mol. The second-order valence-electron chi connectivity index (χ2n) is 9.34. The highest BCUT2D eigenvalue weighted by Gasteiger charge is 2.28. The van der Waals surface area contributed by atoms with E-state index >= 15 is 0 Å². The summed E-state index contributed by atoms with van der Waals surface area (Å²) in [5, 5.41) is 15.1. The van der Waals surface area contributed by atoms with Gasteiger partial charge in [-0.25, -0.2) is 18.6 Å². The van der Waals surface area contributed by atoms with Crippen molar-refractivity contribution in [3.8, 4) is 5.75 Å². The summed E-state index contributed by atoms with van der Waals surface area (Å²) in [5.41, 5.74) is 1.84. The lowest BCUT2D eigenvalue weighted by Crippen LogP contribution is -2.39. The van der Waals surface area contributed by atoms with Gasteiger partial charge in [-0.1, -0.05) is 24.3 Å². The number of carbonyl (C=O) groups excluding carboxylic acids is 2. The Balaban J connectivity index is 1.68. The van der Waals surface area contributed by atoms with Crippen LogP contribution in [0.5, 0.6) is 5.75 Å². The molecule has 3 aromatic rings. The molecule has 0 saturated heterocycles. The van der Waals surface area contributed by atoms with Gasteiger partial charge in [-0.2, -0.15) is 5.10 Å². The van der Waals surface area contributed by atoms with Gasteiger partial charge in [-0.05, 0) is 68.8 Å². The van der Waals surface area contributed by atoms with E-state index < -0.39 is 39.0 Å². The largest absolute Gasteiger partial charge is 0.482 e. The van der Waals surface area contributed by atoms with Crippen LogP contribution in [0.15, 0.2) is 88.9 Å². The number of esters is 1. The average Bonchev–Trinajstić information content (AvgIpc) is 2.91. The SMILES string of the molecule is CC(C)(C)OC(=O)COc1ccc(C=NNC(=O)CN(c2cccc([N+](=O)[O-])c2)S(=O)(=O)c2ccccc2)cc1. The number of ether oxygens (including phenoxy) is 2. The smallest absolute Gasteiger partial charge is 0.344 e. The number of hydrogen-bond donors (Lipinski definition) is 1. The van der Waals surface area contributed by atoms with E-state index in [4.69, 9.17) is 9.47 Å². The second kappa shape index (κ2) is 12.8. The molecule has 0 saturated carbocycles. The van der Waals surface area contributed by atoms with E-state index in [0.29, 0.717) is 11.3 Å². The number of nitro benzene ring substituents is 1. The van der Waals surface area contributed by atoms with E-state index in [-0.39, 0.29) is 22.9 Å². The van der Waals surface area contributed by atoms with E-state index in [2.05, 4.69) is 10.5 Å². The van der Waals surface area contributed by atoms with Crippen molar-refractivity contribution >= 4 is 39.5 Å². The molecule has 0 aliphatic rings. The van der Waals surface area contributed by atoms with Crippen molar-refractivity contribution in [1.82, 2.24) is 5.43 Å². The van der Waals surface area contributed by atoms with Gasteiger partial charge in [0.15, 0.2) is 6.61 Å². The Hall–Kier alpha value is -4.78. The Kier molecular flexibility index (Phi) is 9.56. The minimum atomic E-state index is -4.24. The summed E-state index contributed by atoms with van der Waals surface area (Å²) in [6.07, 6.45) is 1.33. The van der Waals surface area contributed by atoms with Gasteiger partial charge in [0, 0.05) is 12.1 Å². The zero-order valence-electron chi connectivity index (χ0n) is 22.0. The van der Waals surface area contributed by atoms with Gasteiger partial charge in [0.1, 0.15) is 17.9 Å². The molecule has 0 fully saturated rings. The molecule has 0 atom stereocenters. The molecule has 0 aromatic heterocycles. The molecule has 0 spiro atoms. The van der Waals surface area contributed by atoms with Gasteiger partial charge in [0.2, 0.25) is 0 Å². The van der Waals surface area contributed by atoms with Gasteiger partial charge in [0.25, 0.3) is 21.6 Å². The molecule has 13 heteroatoms. The number of hydrogen-bond acceptors (Lipinski definition) is 9. The number of amides is 1. The van der Waals surface area contributed by atoms with Crippen LogP contribution in [0, 0.1) is 10.1 Å². The van der Waals surface area contributed by atoms with Crippen LogP contribution in [-0.4, -0.2) is 50.2 Å². The van der Waals surface area contributed by atoms with Crippen LogP contribution in [0.25, 0.3) is 0 Å². The third kappa shape index (κ3) is 8.63. The van der Waals surface area contributed by atoms with E-state index in [1.165, 1.54) is 48.7 Å². The first kappa shape index (κ1) is 29.8. The van der Waals surface area contributed by atoms with Crippen molar-refractivity contribution in [3.63, 3.8) is 0 Å². The van der Waals surface area contributed by atoms with Crippen molar-refractivity contribution in [3.05, 3.63) is 94.5 Å². The van der Waals surface area contributed by atoms with Crippen LogP contribution < -0.4 is 14.5 Å². The Morgan fingerprint density at radius 3 is 2.33 bits per heavy atom. The van der Waals surface area contributed by atoms with Crippen molar-refractivity contribution in [1.29, 1.82) is 0 Å². The molecule has 0 bridgehead atoms. The Morgan fingerprint density at radius 2 is 1.70 bits per heavy atom. The van der Waals surface area contributed by atoms with E-state index in [9.17, 15) is 28.1 Å². The number of nitrogens with one attached hydrogen (secondary N) is 1. The first-order valence-electron chi connectivity index (χ1n) is 11.9. The maximum atomic E-state index is 13.3. The molecule has 12 nitrogen and oxygen atoms in total. The zero-order chi connectivity index (χ0) is 29.3. The summed E-state index contributed by atoms with van der Waals surface area (Å²) >= 11 is 0. The van der Waals surface area contributed by atoms with E-state index in [1.807, 2.05) is 0 Å². The highest BCUT2D eigenvalue weighted by molar-refractivity contribution is 7.92. The summed E-state index contributed by atoms with van der Waals surface area (Å²) in [6.45, 7) is 4.32. The van der Waals surface area contributed by atoms with Gasteiger partial charge < -0.3 is 9.47 Å². The molecule has 0 aliphatic carbocycles. The fourth-order valence-electron chi connectivity index (χ4n) is 3.30. The number of nitrogens with zero attached hydrogens (tertiary/aromatic N) is 3. The highest BCUT2D eigenvalue weighted by Crippen LogP contribution is 2.26. The third-order valence-corrected chi connectivity index (χ3v) is 6.79. The molecule has 1 amide bonds. The van der Waals surface area contributed by atoms with Crippen molar-refractivity contribution in [2.45, 2.75) is 31.3 Å². The lowest BCUT2D eigenvalue weighted by atomic mass is 10.2. The van der Waals surface area contributed by atoms with Crippen molar-refractivity contribution in [2.75, 3.05) is 17.5 Å². The number of non-ortho nitro benzene ring substituents is 1. The molecule has 3 aromatic carbocycles. The number of carbonyl (C=O) groups is 2. The normalized spacial score (nSPS) is 11.6. The first-order chi connectivity index (χ1) is 18.8. The summed E-state index contributed by atoms with van der Waals surface area (Å²) in [5.74, 6) is -0.861. The number of anilines is 1. The van der Waals surface area contributed by atoms with Gasteiger partial charge in [-0.3, -0.25) is 19.2 Å². The first-order valence-corrected chi connectivity index (χ1v) is 13.4. The molecule has 1 N–H and O–H groups in total. The molecule has 0 heterocycles. The summed E-state index contributed by atoms with van der Waals surface area (Å²) in [7, 11) is -4.24. The van der Waals surface area contributed by atoms with Crippen LogP contribution in [-0.2, 0) is 24.3 Å². The molecule has 0 radical (unpaired) electrons. The zero-order valence-corrected chi connectivity index (χ0v) is 22.8. The highest BCUT2D eigenvalue weighted by atomic mass is 32.2. The minimum Gasteiger partial charge on any atom is -0.482 e. The molecular weight excluding hydrogens is 540 g/mol. The average molecular weight is 569 g/mol. The predicted molar refractivity (Wildman–Crippen MR) is 148 cm³/mol. The lowest BCUT2D eigenvalue weighted by molar-refractivity contribution is -0.384. The predicted octanol–water partition coefficient (Wildman–Crippen LogP) is 3.66. The van der Waals surface area contributed by atoms with E-state index in [1.54, 1.807) is 51.1 Å². The number of benzene rings is 3. The molecule has 0 aliphatic heterocycles. The third-order valence-electron chi connectivity index (χ3n) is 5.01. The fourth-order valence-corrected chi connectivity index (χ4v) is 4.74. The Morgan fingerprint density at radius 1 is 1.02 bits per heavy atom. The molecule has 40 heavy (non-hydrogen) atoms. The van der Waals surface area contributed by atoms with E-state index in [0.717, 1.165) is 10.4 Å². The van der Waals surface area contributed by atoms with Crippen molar-refractivity contribution in [2.24, 2.45) is 5.10 Å². The topological polar surface area (TPSA) is 158 Å². The number of sulfonamides is 1. The Labute approximate surface area is 231 Å². The lowest BCUT2D eigenvalue weighted by Gasteiger charge is -2.23. The minimum absolute atomic E-state index is 0.0563. The number of hydrazone groups is 1. The molecule has 210 valence electrons. The second-order valence-corrected chi connectivity index (χ2v) is 11.2. The maximum Gasteiger partial charge on any atom is 0.344 e. The fraction of sp³-hybridized carbons (Fsp3) is 0.222. The van der Waals surface area contributed by atoms with Gasteiger partial charge in [0.05, 0.1) is 21.7 Å². The van der Waals surface area contributed by atoms with Crippen LogP contribution >= 0.6 is 0 Å². The van der Waals surface area contributed by atoms with Crippen LogP contribution in [0.4, 0.5) is 11.4 Å². The van der Waals surface area contributed by atoms with Crippen LogP contribution in [0.2, 0.25) is 0 Å². The molecule has 0 unspecified atom stereocenters. The van der Waals surface area contributed by atoms with Crippen molar-refractivity contribution < 1.29 is 32.4 Å². The number of nitro groups is 1. The van der Waals surface area contributed by atoms with Crippen LogP contribution in [0.1, 0.15) is 26.3 Å². The summed E-state index contributed by atoms with van der Waals surface area (Å²) in [4.78, 5) is 35.0. The summed E-state index contributed by atoms with van der Waals surface area (Å²) < 4.78 is 38.0. The quantitative estimate of drug-likeness (QED) is 0.159. The maximum absolute atomic E-state index is 13.3. The van der Waals surface area contributed by atoms with Crippen LogP contribution in [0.3, 0.4) is 0 Å². The Bertz CT molecular complexity index is 1480. The summed E-state index contributed by atoms with van der Waals surface area (Å²) in [6, 6.07) is 18.9. The standard InChI is InChI=1S/C27H28N4O8S/c1-27(2,3)39-26(33)19-38-23-14-12-20(13-15-23)17-28-29-25(32)18-30(21-8-7-9-22(16-21)31(34)35)40(36,37)24-10-5-4-6-11-24/h4-17H,18-19H2,1-3H3,(H,29,32). The number of rotatable bonds is 11.